The molecular formula is C16H11ClF3N5O2. The zero-order valence-electron chi connectivity index (χ0n) is 13.4. The number of halogens is 4. The summed E-state index contributed by atoms with van der Waals surface area (Å²) in [5.74, 6) is -0.316. The minimum Gasteiger partial charge on any atom is -0.481 e. The molecule has 11 heteroatoms. The lowest BCUT2D eigenvalue weighted by atomic mass is 10.2. The minimum absolute atomic E-state index is 0.0471. The van der Waals surface area contributed by atoms with Gasteiger partial charge in [0.05, 0.1) is 10.6 Å². The molecule has 1 amide bonds. The number of hydrogen-bond donors (Lipinski definition) is 1. The Labute approximate surface area is 155 Å². The maximum Gasteiger partial charge on any atom is 0.417 e. The summed E-state index contributed by atoms with van der Waals surface area (Å²) in [4.78, 5) is 12.0. The van der Waals surface area contributed by atoms with Crippen molar-refractivity contribution in [2.45, 2.75) is 6.18 Å². The van der Waals surface area contributed by atoms with Crippen LogP contribution in [0.1, 0.15) is 5.56 Å². The summed E-state index contributed by atoms with van der Waals surface area (Å²) in [5, 5.41) is 12.7. The number of nitrogens with one attached hydrogen (secondary N) is 1. The smallest absolute Gasteiger partial charge is 0.417 e. The van der Waals surface area contributed by atoms with Crippen LogP contribution >= 0.6 is 11.6 Å². The molecule has 0 radical (unpaired) electrons. The fourth-order valence-corrected chi connectivity index (χ4v) is 2.43. The number of ether oxygens (including phenoxy) is 1. The van der Waals surface area contributed by atoms with Gasteiger partial charge in [-0.05, 0) is 40.8 Å². The van der Waals surface area contributed by atoms with Crippen molar-refractivity contribution in [3.8, 4) is 11.4 Å². The summed E-state index contributed by atoms with van der Waals surface area (Å²) in [6, 6.07) is 9.80. The Kier molecular flexibility index (Phi) is 5.26. The lowest BCUT2D eigenvalue weighted by Crippen LogP contribution is -2.21. The summed E-state index contributed by atoms with van der Waals surface area (Å²) in [6.07, 6.45) is -3.27. The Morgan fingerprint density at radius 2 is 2.00 bits per heavy atom. The van der Waals surface area contributed by atoms with Gasteiger partial charge in [0.1, 0.15) is 17.8 Å². The van der Waals surface area contributed by atoms with E-state index in [0.717, 1.165) is 12.1 Å². The fourth-order valence-electron chi connectivity index (χ4n) is 2.20. The van der Waals surface area contributed by atoms with E-state index in [0.29, 0.717) is 11.4 Å². The van der Waals surface area contributed by atoms with E-state index in [-0.39, 0.29) is 5.69 Å². The van der Waals surface area contributed by atoms with Crippen LogP contribution in [0.15, 0.2) is 48.8 Å². The number of carbonyl (C=O) groups excluding carboxylic acids is 1. The van der Waals surface area contributed by atoms with Crippen molar-refractivity contribution in [1.29, 1.82) is 0 Å². The molecule has 27 heavy (non-hydrogen) atoms. The normalized spacial score (nSPS) is 11.3. The van der Waals surface area contributed by atoms with Gasteiger partial charge in [0, 0.05) is 5.69 Å². The standard InChI is InChI=1S/C16H11ClF3N5O2/c17-12-6-5-10(7-11(12)16(18,19)20)22-15(26)8-27-14-4-2-1-3-13(14)25-9-21-23-24-25/h1-7,9H,8H2,(H,22,26). The third-order valence-electron chi connectivity index (χ3n) is 3.38. The van der Waals surface area contributed by atoms with E-state index < -0.39 is 29.3 Å². The van der Waals surface area contributed by atoms with Crippen LogP contribution in [0.25, 0.3) is 5.69 Å². The van der Waals surface area contributed by atoms with Crippen molar-refractivity contribution in [2.24, 2.45) is 0 Å². The number of tetrazole rings is 1. The second-order valence-corrected chi connectivity index (χ2v) is 5.66. The first-order valence-electron chi connectivity index (χ1n) is 7.46. The van der Waals surface area contributed by atoms with Crippen LogP contribution in [0.3, 0.4) is 0 Å². The van der Waals surface area contributed by atoms with Crippen LogP contribution in [-0.2, 0) is 11.0 Å². The van der Waals surface area contributed by atoms with E-state index in [4.69, 9.17) is 16.3 Å². The molecule has 0 unspecified atom stereocenters. The number of amides is 1. The first-order chi connectivity index (χ1) is 12.8. The first-order valence-corrected chi connectivity index (χ1v) is 7.84. The van der Waals surface area contributed by atoms with Crippen LogP contribution in [0.5, 0.6) is 5.75 Å². The van der Waals surface area contributed by atoms with Crippen molar-refractivity contribution in [3.05, 3.63) is 59.4 Å². The molecule has 0 aliphatic heterocycles. The van der Waals surface area contributed by atoms with Gasteiger partial charge >= 0.3 is 6.18 Å². The van der Waals surface area contributed by atoms with Gasteiger partial charge in [-0.1, -0.05) is 23.7 Å². The van der Waals surface area contributed by atoms with Crippen LogP contribution in [0, 0.1) is 0 Å². The molecule has 140 valence electrons. The van der Waals surface area contributed by atoms with Gasteiger partial charge in [0.25, 0.3) is 5.91 Å². The zero-order chi connectivity index (χ0) is 19.4. The van der Waals surface area contributed by atoms with Crippen molar-refractivity contribution >= 4 is 23.2 Å². The van der Waals surface area contributed by atoms with Gasteiger partial charge in [-0.3, -0.25) is 4.79 Å². The second kappa shape index (κ2) is 7.62. The molecule has 2 aromatic carbocycles. The van der Waals surface area contributed by atoms with E-state index in [9.17, 15) is 18.0 Å². The highest BCUT2D eigenvalue weighted by molar-refractivity contribution is 6.31. The molecule has 1 N–H and O–H groups in total. The SMILES string of the molecule is O=C(COc1ccccc1-n1cnnn1)Nc1ccc(Cl)c(C(F)(F)F)c1. The number of rotatable bonds is 5. The molecule has 0 aliphatic rings. The van der Waals surface area contributed by atoms with Crippen molar-refractivity contribution in [2.75, 3.05) is 11.9 Å². The van der Waals surface area contributed by atoms with Gasteiger partial charge in [0.15, 0.2) is 6.61 Å². The van der Waals surface area contributed by atoms with Crippen molar-refractivity contribution in [3.63, 3.8) is 0 Å². The maximum atomic E-state index is 12.9. The lowest BCUT2D eigenvalue weighted by Gasteiger charge is -2.13. The number of aromatic nitrogens is 4. The third kappa shape index (κ3) is 4.53. The molecule has 0 saturated carbocycles. The van der Waals surface area contributed by atoms with E-state index in [1.54, 1.807) is 24.3 Å². The summed E-state index contributed by atoms with van der Waals surface area (Å²) in [7, 11) is 0. The molecule has 0 fully saturated rings. The average molecular weight is 398 g/mol. The summed E-state index contributed by atoms with van der Waals surface area (Å²) < 4.78 is 45.4. The number of alkyl halides is 3. The van der Waals surface area contributed by atoms with Gasteiger partial charge in [0.2, 0.25) is 0 Å². The molecule has 1 heterocycles. The molecule has 0 saturated heterocycles. The van der Waals surface area contributed by atoms with E-state index >= 15 is 0 Å². The molecule has 0 bridgehead atoms. The lowest BCUT2D eigenvalue weighted by molar-refractivity contribution is -0.137. The predicted octanol–water partition coefficient (Wildman–Crippen LogP) is 3.35. The Hall–Kier alpha value is -3.14. The predicted molar refractivity (Wildman–Crippen MR) is 89.7 cm³/mol. The van der Waals surface area contributed by atoms with E-state index in [2.05, 4.69) is 20.8 Å². The minimum atomic E-state index is -4.63. The molecule has 0 aliphatic carbocycles. The zero-order valence-corrected chi connectivity index (χ0v) is 14.2. The summed E-state index contributed by atoms with van der Waals surface area (Å²) in [6.45, 7) is -0.427. The molecular weight excluding hydrogens is 387 g/mol. The highest BCUT2D eigenvalue weighted by Crippen LogP contribution is 2.36. The first kappa shape index (κ1) is 18.6. The Bertz CT molecular complexity index is 947. The quantitative estimate of drug-likeness (QED) is 0.714. The van der Waals surface area contributed by atoms with Crippen LogP contribution in [0.4, 0.5) is 18.9 Å². The number of nitrogens with zero attached hydrogens (tertiary/aromatic N) is 4. The highest BCUT2D eigenvalue weighted by Gasteiger charge is 2.33. The summed E-state index contributed by atoms with van der Waals surface area (Å²) in [5.41, 5.74) is -0.581. The second-order valence-electron chi connectivity index (χ2n) is 5.25. The number of carbonyl (C=O) groups is 1. The monoisotopic (exact) mass is 397 g/mol. The van der Waals surface area contributed by atoms with Crippen molar-refractivity contribution in [1.82, 2.24) is 20.2 Å². The van der Waals surface area contributed by atoms with Gasteiger partial charge < -0.3 is 10.1 Å². The molecule has 1 aromatic heterocycles. The van der Waals surface area contributed by atoms with E-state index in [1.807, 2.05) is 0 Å². The van der Waals surface area contributed by atoms with Crippen molar-refractivity contribution < 1.29 is 22.7 Å². The Balaban J connectivity index is 1.68. The average Bonchev–Trinajstić information content (AvgIpc) is 3.15. The van der Waals surface area contributed by atoms with Crippen LogP contribution in [-0.4, -0.2) is 32.7 Å². The van der Waals surface area contributed by atoms with E-state index in [1.165, 1.54) is 17.1 Å². The van der Waals surface area contributed by atoms with Crippen LogP contribution < -0.4 is 10.1 Å². The fraction of sp³-hybridized carbons (Fsp3) is 0.125. The molecule has 3 aromatic rings. The maximum absolute atomic E-state index is 12.9. The number of hydrogen-bond acceptors (Lipinski definition) is 5. The Morgan fingerprint density at radius 3 is 2.70 bits per heavy atom. The largest absolute Gasteiger partial charge is 0.481 e. The Morgan fingerprint density at radius 1 is 1.22 bits per heavy atom. The van der Waals surface area contributed by atoms with Gasteiger partial charge in [-0.2, -0.15) is 17.9 Å². The van der Waals surface area contributed by atoms with Gasteiger partial charge in [-0.15, -0.1) is 5.10 Å². The molecule has 3 rings (SSSR count). The van der Waals surface area contributed by atoms with Crippen LogP contribution in [0.2, 0.25) is 5.02 Å². The molecule has 0 atom stereocenters. The highest BCUT2D eigenvalue weighted by atomic mass is 35.5. The number of para-hydroxylation sites is 2. The topological polar surface area (TPSA) is 81.9 Å². The number of anilines is 1. The summed E-state index contributed by atoms with van der Waals surface area (Å²) >= 11 is 5.55. The number of benzene rings is 2. The third-order valence-corrected chi connectivity index (χ3v) is 3.70. The molecule has 7 nitrogen and oxygen atoms in total. The van der Waals surface area contributed by atoms with Gasteiger partial charge in [-0.25, -0.2) is 0 Å². The molecule has 0 spiro atoms.